The first-order valence-corrected chi connectivity index (χ1v) is 6.13. The molecule has 0 saturated heterocycles. The topological polar surface area (TPSA) is 55.1 Å². The average Bonchev–Trinajstić information content (AvgIpc) is 2.23. The molecule has 0 aliphatic heterocycles. The number of nitrogens with two attached hydrogens (primary N) is 1. The Labute approximate surface area is 115 Å². The minimum atomic E-state index is -0.946. The Morgan fingerprint density at radius 1 is 1.44 bits per heavy atom. The van der Waals surface area contributed by atoms with E-state index in [0.29, 0.717) is 10.6 Å². The third-order valence-electron chi connectivity index (χ3n) is 2.71. The summed E-state index contributed by atoms with van der Waals surface area (Å²) in [6.45, 7) is 5.00. The lowest BCUT2D eigenvalue weighted by molar-refractivity contribution is -0.123. The number of hydrogen-bond donors (Lipinski definition) is 2. The van der Waals surface area contributed by atoms with E-state index in [1.165, 1.54) is 12.1 Å². The van der Waals surface area contributed by atoms with Crippen molar-refractivity contribution in [2.24, 2.45) is 5.73 Å². The van der Waals surface area contributed by atoms with Crippen LogP contribution in [0.4, 0.5) is 4.39 Å². The third kappa shape index (κ3) is 3.13. The molecule has 0 bridgehead atoms. The normalized spacial score (nSPS) is 13.4. The predicted molar refractivity (Wildman–Crippen MR) is 71.2 cm³/mol. The first-order valence-electron chi connectivity index (χ1n) is 5.38. The molecule has 1 atom stereocenters. The summed E-state index contributed by atoms with van der Waals surface area (Å²) in [6.07, 6.45) is 0. The molecule has 0 radical (unpaired) electrons. The molecule has 100 valence electrons. The van der Waals surface area contributed by atoms with Crippen molar-refractivity contribution in [1.29, 1.82) is 0 Å². The maximum Gasteiger partial charge on any atom is 0.237 e. The molecule has 6 heteroatoms. The Morgan fingerprint density at radius 2 is 2.00 bits per heavy atom. The van der Waals surface area contributed by atoms with E-state index >= 15 is 0 Å². The summed E-state index contributed by atoms with van der Waals surface area (Å²) >= 11 is 11.9. The Morgan fingerprint density at radius 3 is 2.50 bits per heavy atom. The van der Waals surface area contributed by atoms with Gasteiger partial charge >= 0.3 is 0 Å². The van der Waals surface area contributed by atoms with Gasteiger partial charge in [0.25, 0.3) is 0 Å². The number of hydrogen-bond acceptors (Lipinski definition) is 2. The molecule has 0 saturated carbocycles. The molecule has 18 heavy (non-hydrogen) atoms. The molecule has 1 unspecified atom stereocenters. The maximum absolute atomic E-state index is 13.4. The van der Waals surface area contributed by atoms with Crippen molar-refractivity contribution in [3.05, 3.63) is 33.6 Å². The number of carbonyl (C=O) groups excluding carboxylic acids is 1. The molecule has 1 amide bonds. The fourth-order valence-corrected chi connectivity index (χ4v) is 2.32. The summed E-state index contributed by atoms with van der Waals surface area (Å²) in [5.41, 5.74) is 4.72. The summed E-state index contributed by atoms with van der Waals surface area (Å²) in [5, 5.41) is 3.25. The number of halogens is 3. The van der Waals surface area contributed by atoms with E-state index in [-0.39, 0.29) is 5.02 Å². The molecule has 1 rings (SSSR count). The smallest absolute Gasteiger partial charge is 0.237 e. The van der Waals surface area contributed by atoms with Gasteiger partial charge in [-0.15, -0.1) is 0 Å². The summed E-state index contributed by atoms with van der Waals surface area (Å²) in [5.74, 6) is -1.07. The van der Waals surface area contributed by atoms with Crippen LogP contribution in [-0.4, -0.2) is 11.4 Å². The number of amides is 1. The van der Waals surface area contributed by atoms with Crippen LogP contribution in [-0.2, 0) is 4.79 Å². The Hall–Kier alpha value is -0.840. The van der Waals surface area contributed by atoms with Gasteiger partial charge in [-0.1, -0.05) is 23.2 Å². The van der Waals surface area contributed by atoms with Crippen molar-refractivity contribution >= 4 is 29.1 Å². The molecule has 0 aromatic heterocycles. The highest BCUT2D eigenvalue weighted by Crippen LogP contribution is 2.33. The molecule has 3 N–H and O–H groups in total. The second-order valence-corrected chi connectivity index (χ2v) is 5.40. The zero-order valence-corrected chi connectivity index (χ0v) is 11.9. The van der Waals surface area contributed by atoms with E-state index in [4.69, 9.17) is 28.9 Å². The van der Waals surface area contributed by atoms with Crippen LogP contribution in [0, 0.1) is 5.82 Å². The van der Waals surface area contributed by atoms with Crippen molar-refractivity contribution < 1.29 is 9.18 Å². The van der Waals surface area contributed by atoms with Crippen LogP contribution >= 0.6 is 23.2 Å². The van der Waals surface area contributed by atoms with E-state index < -0.39 is 23.3 Å². The Kier molecular flexibility index (Phi) is 4.59. The summed E-state index contributed by atoms with van der Waals surface area (Å²) in [7, 11) is 0. The van der Waals surface area contributed by atoms with Gasteiger partial charge in [0.15, 0.2) is 0 Å². The number of carbonyl (C=O) groups is 1. The zero-order chi connectivity index (χ0) is 14.1. The second kappa shape index (κ2) is 5.43. The van der Waals surface area contributed by atoms with Gasteiger partial charge in [0.1, 0.15) is 5.82 Å². The van der Waals surface area contributed by atoms with Crippen molar-refractivity contribution in [3.63, 3.8) is 0 Å². The fraction of sp³-hybridized carbons (Fsp3) is 0.417. The predicted octanol–water partition coefficient (Wildman–Crippen LogP) is 3.05. The minimum absolute atomic E-state index is 0.0530. The number of rotatable bonds is 4. The molecular formula is C12H15Cl2FN2O. The molecule has 0 fully saturated rings. The van der Waals surface area contributed by atoms with Gasteiger partial charge in [0, 0.05) is 16.6 Å². The van der Waals surface area contributed by atoms with Crippen LogP contribution in [0.25, 0.3) is 0 Å². The first-order chi connectivity index (χ1) is 8.16. The van der Waals surface area contributed by atoms with Gasteiger partial charge in [-0.25, -0.2) is 4.39 Å². The maximum atomic E-state index is 13.4. The Balaban J connectivity index is 3.09. The first kappa shape index (κ1) is 15.2. The SMILES string of the molecule is CC(NC(C)(C)C(N)=O)c1c(Cl)ccc(F)c1Cl. The molecule has 0 aliphatic carbocycles. The molecular weight excluding hydrogens is 278 g/mol. The molecule has 3 nitrogen and oxygen atoms in total. The van der Waals surface area contributed by atoms with Gasteiger partial charge in [-0.3, -0.25) is 10.1 Å². The quantitative estimate of drug-likeness (QED) is 0.838. The molecule has 0 spiro atoms. The molecule has 0 aliphatic rings. The van der Waals surface area contributed by atoms with Crippen LogP contribution in [0.1, 0.15) is 32.4 Å². The molecule has 1 aromatic rings. The van der Waals surface area contributed by atoms with E-state index in [2.05, 4.69) is 5.32 Å². The van der Waals surface area contributed by atoms with Crippen LogP contribution in [0.15, 0.2) is 12.1 Å². The lowest BCUT2D eigenvalue weighted by atomic mass is 10.00. The van der Waals surface area contributed by atoms with Crippen LogP contribution in [0.2, 0.25) is 10.0 Å². The lowest BCUT2D eigenvalue weighted by Gasteiger charge is -2.28. The van der Waals surface area contributed by atoms with Crippen LogP contribution < -0.4 is 11.1 Å². The van der Waals surface area contributed by atoms with Crippen LogP contribution in [0.3, 0.4) is 0 Å². The van der Waals surface area contributed by atoms with E-state index in [9.17, 15) is 9.18 Å². The molecule has 0 heterocycles. The second-order valence-electron chi connectivity index (χ2n) is 4.61. The number of benzene rings is 1. The highest BCUT2D eigenvalue weighted by Gasteiger charge is 2.28. The molecule has 1 aromatic carbocycles. The van der Waals surface area contributed by atoms with Crippen molar-refractivity contribution in [2.75, 3.05) is 0 Å². The van der Waals surface area contributed by atoms with E-state index in [0.717, 1.165) is 0 Å². The number of primary amides is 1. The summed E-state index contributed by atoms with van der Waals surface area (Å²) in [4.78, 5) is 11.2. The van der Waals surface area contributed by atoms with Gasteiger partial charge in [-0.05, 0) is 32.9 Å². The van der Waals surface area contributed by atoms with E-state index in [1.807, 2.05) is 0 Å². The van der Waals surface area contributed by atoms with Crippen LogP contribution in [0.5, 0.6) is 0 Å². The van der Waals surface area contributed by atoms with Gasteiger partial charge in [0.05, 0.1) is 10.6 Å². The monoisotopic (exact) mass is 292 g/mol. The standard InChI is InChI=1S/C12H15Cl2FN2O/c1-6(17-12(2,3)11(16)18)9-7(13)4-5-8(15)10(9)14/h4-6,17H,1-3H3,(H2,16,18). The van der Waals surface area contributed by atoms with Crippen molar-refractivity contribution in [2.45, 2.75) is 32.4 Å². The summed E-state index contributed by atoms with van der Waals surface area (Å²) < 4.78 is 13.4. The highest BCUT2D eigenvalue weighted by atomic mass is 35.5. The van der Waals surface area contributed by atoms with Crippen molar-refractivity contribution in [1.82, 2.24) is 5.32 Å². The fourth-order valence-electron chi connectivity index (χ4n) is 1.62. The lowest BCUT2D eigenvalue weighted by Crippen LogP contribution is -2.51. The zero-order valence-electron chi connectivity index (χ0n) is 10.4. The summed E-state index contributed by atoms with van der Waals surface area (Å²) in [6, 6.07) is 2.21. The van der Waals surface area contributed by atoms with Gasteiger partial charge in [0.2, 0.25) is 5.91 Å². The highest BCUT2D eigenvalue weighted by molar-refractivity contribution is 6.36. The van der Waals surface area contributed by atoms with Gasteiger partial charge < -0.3 is 5.73 Å². The average molecular weight is 293 g/mol. The largest absolute Gasteiger partial charge is 0.368 e. The van der Waals surface area contributed by atoms with Crippen molar-refractivity contribution in [3.8, 4) is 0 Å². The number of nitrogens with one attached hydrogen (secondary N) is 1. The Bertz CT molecular complexity index is 477. The van der Waals surface area contributed by atoms with E-state index in [1.54, 1.807) is 20.8 Å². The van der Waals surface area contributed by atoms with Gasteiger partial charge in [-0.2, -0.15) is 0 Å². The minimum Gasteiger partial charge on any atom is -0.368 e. The third-order valence-corrected chi connectivity index (χ3v) is 3.42.